The second kappa shape index (κ2) is 3.88. The van der Waals surface area contributed by atoms with E-state index in [4.69, 9.17) is 5.26 Å². The van der Waals surface area contributed by atoms with E-state index in [9.17, 15) is 5.11 Å². The van der Waals surface area contributed by atoms with E-state index in [0.29, 0.717) is 6.42 Å². The monoisotopic (exact) mass is 168 g/mol. The Hall–Kier alpha value is -0.590. The first kappa shape index (κ1) is 9.50. The second-order valence-electron chi connectivity index (χ2n) is 3.70. The molecule has 0 aromatic rings. The molecule has 12 heavy (non-hydrogen) atoms. The maximum atomic E-state index is 9.23. The highest BCUT2D eigenvalue weighted by Crippen LogP contribution is 2.32. The number of hydrogen-bond acceptors (Lipinski definition) is 3. The number of nitrogens with zero attached hydrogens (tertiary/aromatic N) is 1. The summed E-state index contributed by atoms with van der Waals surface area (Å²) >= 11 is 0. The van der Waals surface area contributed by atoms with Crippen molar-refractivity contribution in [2.75, 3.05) is 13.1 Å². The predicted molar refractivity (Wildman–Crippen MR) is 46.4 cm³/mol. The largest absolute Gasteiger partial charge is 0.393 e. The van der Waals surface area contributed by atoms with E-state index in [0.717, 1.165) is 25.9 Å². The Morgan fingerprint density at radius 1 is 1.58 bits per heavy atom. The Morgan fingerprint density at radius 2 is 2.17 bits per heavy atom. The molecule has 1 heterocycles. The topological polar surface area (TPSA) is 56.0 Å². The molecule has 1 aliphatic heterocycles. The van der Waals surface area contributed by atoms with Crippen molar-refractivity contribution in [3.8, 4) is 6.07 Å². The fourth-order valence-corrected chi connectivity index (χ4v) is 1.83. The Balaban J connectivity index is 2.55. The molecular formula is C9H16N2O. The van der Waals surface area contributed by atoms with Crippen molar-refractivity contribution in [2.24, 2.45) is 5.41 Å². The molecule has 0 aliphatic carbocycles. The molecule has 0 aromatic carbocycles. The summed E-state index contributed by atoms with van der Waals surface area (Å²) in [6.45, 7) is 3.56. The van der Waals surface area contributed by atoms with E-state index in [1.165, 1.54) is 0 Å². The van der Waals surface area contributed by atoms with Gasteiger partial charge in [-0.1, -0.05) is 0 Å². The van der Waals surface area contributed by atoms with Crippen molar-refractivity contribution in [1.82, 2.24) is 5.32 Å². The highest BCUT2D eigenvalue weighted by atomic mass is 16.3. The van der Waals surface area contributed by atoms with E-state index < -0.39 is 0 Å². The average molecular weight is 168 g/mol. The van der Waals surface area contributed by atoms with Gasteiger partial charge >= 0.3 is 0 Å². The SMILES string of the molecule is CC(O)CC1(C#N)CCNCC1. The van der Waals surface area contributed by atoms with Crippen LogP contribution in [0.4, 0.5) is 0 Å². The van der Waals surface area contributed by atoms with E-state index in [1.807, 2.05) is 0 Å². The third-order valence-corrected chi connectivity index (χ3v) is 2.48. The van der Waals surface area contributed by atoms with E-state index in [1.54, 1.807) is 6.92 Å². The minimum atomic E-state index is -0.359. The summed E-state index contributed by atoms with van der Waals surface area (Å²) < 4.78 is 0. The van der Waals surface area contributed by atoms with Gasteiger partial charge in [-0.15, -0.1) is 0 Å². The lowest BCUT2D eigenvalue weighted by Crippen LogP contribution is -2.37. The molecule has 1 atom stereocenters. The summed E-state index contributed by atoms with van der Waals surface area (Å²) in [5, 5.41) is 21.4. The van der Waals surface area contributed by atoms with Crippen molar-refractivity contribution < 1.29 is 5.11 Å². The normalized spacial score (nSPS) is 24.4. The van der Waals surface area contributed by atoms with E-state index >= 15 is 0 Å². The van der Waals surface area contributed by atoms with Gasteiger partial charge in [-0.25, -0.2) is 0 Å². The zero-order valence-electron chi connectivity index (χ0n) is 7.51. The number of nitriles is 1. The summed E-state index contributed by atoms with van der Waals surface area (Å²) in [5.41, 5.74) is -0.264. The van der Waals surface area contributed by atoms with Gasteiger partial charge in [0.25, 0.3) is 0 Å². The second-order valence-corrected chi connectivity index (χ2v) is 3.70. The highest BCUT2D eigenvalue weighted by molar-refractivity contribution is 5.02. The predicted octanol–water partition coefficient (Wildman–Crippen LogP) is 0.651. The van der Waals surface area contributed by atoms with Gasteiger partial charge < -0.3 is 10.4 Å². The van der Waals surface area contributed by atoms with Crippen LogP contribution in [0.2, 0.25) is 0 Å². The van der Waals surface area contributed by atoms with Crippen LogP contribution in [-0.2, 0) is 0 Å². The van der Waals surface area contributed by atoms with Gasteiger partial charge in [-0.3, -0.25) is 0 Å². The van der Waals surface area contributed by atoms with Gasteiger partial charge in [0.15, 0.2) is 0 Å². The fraction of sp³-hybridized carbons (Fsp3) is 0.889. The smallest absolute Gasteiger partial charge is 0.0691 e. The van der Waals surface area contributed by atoms with Crippen LogP contribution in [0.15, 0.2) is 0 Å². The van der Waals surface area contributed by atoms with Crippen molar-refractivity contribution in [1.29, 1.82) is 5.26 Å². The van der Waals surface area contributed by atoms with Gasteiger partial charge in [-0.05, 0) is 39.3 Å². The molecule has 0 radical (unpaired) electrons. The van der Waals surface area contributed by atoms with Crippen LogP contribution in [0.25, 0.3) is 0 Å². The Bertz CT molecular complexity index is 177. The van der Waals surface area contributed by atoms with Crippen LogP contribution in [-0.4, -0.2) is 24.3 Å². The third kappa shape index (κ3) is 2.20. The van der Waals surface area contributed by atoms with Crippen LogP contribution in [0.3, 0.4) is 0 Å². The maximum absolute atomic E-state index is 9.23. The molecule has 1 unspecified atom stereocenters. The first-order chi connectivity index (χ1) is 5.68. The molecule has 1 aliphatic rings. The molecule has 1 fully saturated rings. The molecule has 0 saturated carbocycles. The first-order valence-electron chi connectivity index (χ1n) is 4.49. The molecule has 0 aromatic heterocycles. The standard InChI is InChI=1S/C9H16N2O/c1-8(12)6-9(7-10)2-4-11-5-3-9/h8,11-12H,2-6H2,1H3. The van der Waals surface area contributed by atoms with Gasteiger partial charge in [0.2, 0.25) is 0 Å². The van der Waals surface area contributed by atoms with Crippen molar-refractivity contribution in [2.45, 2.75) is 32.3 Å². The zero-order valence-corrected chi connectivity index (χ0v) is 7.51. The number of hydrogen-bond donors (Lipinski definition) is 2. The summed E-state index contributed by atoms with van der Waals surface area (Å²) in [6.07, 6.45) is 2.00. The van der Waals surface area contributed by atoms with Crippen molar-refractivity contribution in [3.63, 3.8) is 0 Å². The van der Waals surface area contributed by atoms with E-state index in [-0.39, 0.29) is 11.5 Å². The molecular weight excluding hydrogens is 152 g/mol. The quantitative estimate of drug-likeness (QED) is 0.636. The lowest BCUT2D eigenvalue weighted by Gasteiger charge is -2.31. The number of aliphatic hydroxyl groups excluding tert-OH is 1. The van der Waals surface area contributed by atoms with Gasteiger partial charge in [0, 0.05) is 0 Å². The number of rotatable bonds is 2. The lowest BCUT2D eigenvalue weighted by atomic mass is 9.76. The summed E-state index contributed by atoms with van der Waals surface area (Å²) in [5.74, 6) is 0. The molecule has 0 bridgehead atoms. The molecule has 3 nitrogen and oxygen atoms in total. The molecule has 1 saturated heterocycles. The molecule has 0 spiro atoms. The molecule has 1 rings (SSSR count). The Morgan fingerprint density at radius 3 is 2.58 bits per heavy atom. The van der Waals surface area contributed by atoms with Crippen LogP contribution in [0.5, 0.6) is 0 Å². The summed E-state index contributed by atoms with van der Waals surface area (Å²) in [4.78, 5) is 0. The van der Waals surface area contributed by atoms with E-state index in [2.05, 4.69) is 11.4 Å². The Labute approximate surface area is 73.4 Å². The number of piperidine rings is 1. The lowest BCUT2D eigenvalue weighted by molar-refractivity contribution is 0.120. The highest BCUT2D eigenvalue weighted by Gasteiger charge is 2.32. The minimum absolute atomic E-state index is 0.264. The van der Waals surface area contributed by atoms with Crippen LogP contribution in [0.1, 0.15) is 26.2 Å². The zero-order chi connectivity index (χ0) is 9.03. The van der Waals surface area contributed by atoms with Crippen LogP contribution < -0.4 is 5.32 Å². The van der Waals surface area contributed by atoms with Crippen LogP contribution >= 0.6 is 0 Å². The third-order valence-electron chi connectivity index (χ3n) is 2.48. The summed E-state index contributed by atoms with van der Waals surface area (Å²) in [6, 6.07) is 2.35. The number of nitrogens with one attached hydrogen (secondary N) is 1. The molecule has 2 N–H and O–H groups in total. The molecule has 68 valence electrons. The minimum Gasteiger partial charge on any atom is -0.393 e. The van der Waals surface area contributed by atoms with Gasteiger partial charge in [0.05, 0.1) is 17.6 Å². The fourth-order valence-electron chi connectivity index (χ4n) is 1.83. The first-order valence-corrected chi connectivity index (χ1v) is 4.49. The Kier molecular flexibility index (Phi) is 3.07. The number of aliphatic hydroxyl groups is 1. The molecule has 0 amide bonds. The van der Waals surface area contributed by atoms with Crippen molar-refractivity contribution in [3.05, 3.63) is 0 Å². The molecule has 3 heteroatoms. The van der Waals surface area contributed by atoms with Crippen LogP contribution in [0, 0.1) is 16.7 Å². The van der Waals surface area contributed by atoms with Gasteiger partial charge in [-0.2, -0.15) is 5.26 Å². The summed E-state index contributed by atoms with van der Waals surface area (Å²) in [7, 11) is 0. The average Bonchev–Trinajstić information content (AvgIpc) is 2.05. The van der Waals surface area contributed by atoms with Crippen molar-refractivity contribution >= 4 is 0 Å². The van der Waals surface area contributed by atoms with Gasteiger partial charge in [0.1, 0.15) is 0 Å². The maximum Gasteiger partial charge on any atom is 0.0691 e.